The van der Waals surface area contributed by atoms with E-state index in [2.05, 4.69) is 32.6 Å². The first-order chi connectivity index (χ1) is 23.6. The van der Waals surface area contributed by atoms with Gasteiger partial charge in [0.25, 0.3) is 5.91 Å². The van der Waals surface area contributed by atoms with Crippen molar-refractivity contribution in [2.24, 2.45) is 22.9 Å². The number of hydrazine groups is 1. The summed E-state index contributed by atoms with van der Waals surface area (Å²) in [5.41, 5.74) is 7.57. The zero-order valence-corrected chi connectivity index (χ0v) is 27.5. The zero-order valence-electron chi connectivity index (χ0n) is 26.6. The molecule has 4 bridgehead atoms. The fraction of sp³-hybridized carbons (Fsp3) is 0.400. The summed E-state index contributed by atoms with van der Waals surface area (Å²) >= 11 is 0. The van der Waals surface area contributed by atoms with Crippen LogP contribution in [0.5, 0.6) is 5.75 Å². The van der Waals surface area contributed by atoms with Crippen LogP contribution in [0.15, 0.2) is 72.4 Å². The molecule has 49 heavy (non-hydrogen) atoms. The summed E-state index contributed by atoms with van der Waals surface area (Å²) < 4.78 is 33.2. The molecule has 256 valence electrons. The number of hydrogen-bond acceptors (Lipinski definition) is 9. The maximum Gasteiger partial charge on any atom is 0.259 e. The summed E-state index contributed by atoms with van der Waals surface area (Å²) in [6, 6.07) is 13.5. The summed E-state index contributed by atoms with van der Waals surface area (Å²) in [5.74, 6) is -4.24. The summed E-state index contributed by atoms with van der Waals surface area (Å²) in [7, 11) is -3.87. The molecule has 3 fully saturated rings. The van der Waals surface area contributed by atoms with E-state index in [1.807, 2.05) is 54.6 Å². The van der Waals surface area contributed by atoms with E-state index in [1.165, 1.54) is 6.08 Å². The Morgan fingerprint density at radius 3 is 2.53 bits per heavy atom. The molecule has 0 saturated heterocycles. The molecule has 0 spiro atoms. The summed E-state index contributed by atoms with van der Waals surface area (Å²) in [5, 5.41) is 6.71. The van der Waals surface area contributed by atoms with Crippen LogP contribution < -0.4 is 25.6 Å². The van der Waals surface area contributed by atoms with Crippen molar-refractivity contribution in [3.63, 3.8) is 0 Å². The molecule has 1 aliphatic heterocycles. The normalized spacial score (nSPS) is 29.4. The number of carbonyl (C=O) groups excluding carboxylic acids is 4. The van der Waals surface area contributed by atoms with E-state index in [9.17, 15) is 27.6 Å². The van der Waals surface area contributed by atoms with Crippen LogP contribution in [0.4, 0.5) is 0 Å². The van der Waals surface area contributed by atoms with Crippen molar-refractivity contribution < 1.29 is 37.2 Å². The third-order valence-electron chi connectivity index (χ3n) is 9.83. The number of ether oxygens (including phenoxy) is 1. The molecule has 4 amide bonds. The lowest BCUT2D eigenvalue weighted by Gasteiger charge is -2.23. The molecule has 4 N–H and O–H groups in total. The number of sulfonamides is 1. The highest BCUT2D eigenvalue weighted by atomic mass is 32.2. The first-order valence-corrected chi connectivity index (χ1v) is 18.0. The summed E-state index contributed by atoms with van der Waals surface area (Å²) in [6.45, 7) is 4.04. The molecule has 0 aromatic heterocycles. The van der Waals surface area contributed by atoms with E-state index < -0.39 is 68.3 Å². The smallest absolute Gasteiger partial charge is 0.259 e. The zero-order chi connectivity index (χ0) is 34.3. The molecule has 2 aromatic carbocycles. The molecule has 14 heteroatoms. The lowest BCUT2D eigenvalue weighted by molar-refractivity contribution is -0.137. The van der Waals surface area contributed by atoms with Gasteiger partial charge in [-0.25, -0.2) is 8.42 Å². The van der Waals surface area contributed by atoms with Crippen LogP contribution in [0.2, 0.25) is 0 Å². The minimum atomic E-state index is -3.87. The minimum Gasteiger partial charge on any atom is -0.490 e. The van der Waals surface area contributed by atoms with Crippen molar-refractivity contribution in [2.75, 3.05) is 6.61 Å². The molecule has 7 rings (SSSR count). The minimum absolute atomic E-state index is 0.0773. The lowest BCUT2D eigenvalue weighted by Crippen LogP contribution is -2.54. The maximum absolute atomic E-state index is 13.9. The molecular formula is C35H37N5O8S. The van der Waals surface area contributed by atoms with Crippen LogP contribution in [-0.2, 0) is 34.0 Å². The predicted octanol–water partition coefficient (Wildman–Crippen LogP) is 2.38. The molecule has 2 aromatic rings. The van der Waals surface area contributed by atoms with Crippen LogP contribution in [-0.4, -0.2) is 61.3 Å². The number of fused-ring (bicyclic) bond motifs is 6. The highest BCUT2D eigenvalue weighted by molar-refractivity contribution is 7.91. The van der Waals surface area contributed by atoms with Crippen molar-refractivity contribution >= 4 is 39.4 Å². The van der Waals surface area contributed by atoms with Crippen molar-refractivity contribution in [3.8, 4) is 16.9 Å². The van der Waals surface area contributed by atoms with Gasteiger partial charge in [-0.05, 0) is 67.9 Å². The lowest BCUT2D eigenvalue weighted by atomic mass is 9.94. The van der Waals surface area contributed by atoms with Crippen LogP contribution in [0.25, 0.3) is 11.1 Å². The fourth-order valence-corrected chi connectivity index (χ4v) is 8.22. The van der Waals surface area contributed by atoms with Gasteiger partial charge < -0.3 is 14.9 Å². The number of rotatable bonds is 6. The highest BCUT2D eigenvalue weighted by Crippen LogP contribution is 2.46. The second kappa shape index (κ2) is 12.8. The number of oxime groups is 1. The van der Waals surface area contributed by atoms with Gasteiger partial charge in [-0.3, -0.25) is 34.8 Å². The van der Waals surface area contributed by atoms with Gasteiger partial charge in [-0.2, -0.15) is 0 Å². The van der Waals surface area contributed by atoms with Crippen LogP contribution in [0.3, 0.4) is 0 Å². The Morgan fingerprint density at radius 2 is 1.78 bits per heavy atom. The number of benzene rings is 2. The Bertz CT molecular complexity index is 1900. The Morgan fingerprint density at radius 1 is 1.00 bits per heavy atom. The quantitative estimate of drug-likeness (QED) is 0.285. The van der Waals surface area contributed by atoms with Gasteiger partial charge in [-0.15, -0.1) is 6.58 Å². The average Bonchev–Trinajstić information content (AvgIpc) is 4.00. The van der Waals surface area contributed by atoms with Gasteiger partial charge in [0.1, 0.15) is 29.7 Å². The van der Waals surface area contributed by atoms with Gasteiger partial charge in [0.05, 0.1) is 17.1 Å². The molecular weight excluding hydrogens is 650 g/mol. The number of carbonyl (C=O) groups is 4. The Balaban J connectivity index is 1.16. The molecule has 0 unspecified atom stereocenters. The first-order valence-electron chi connectivity index (χ1n) is 16.4. The molecule has 5 atom stereocenters. The fourth-order valence-electron chi connectivity index (χ4n) is 6.86. The van der Waals surface area contributed by atoms with Gasteiger partial charge in [0, 0.05) is 23.5 Å². The number of nitrogens with one attached hydrogen (secondary N) is 4. The van der Waals surface area contributed by atoms with Crippen molar-refractivity contribution in [1.82, 2.24) is 20.9 Å². The Hall–Kier alpha value is -4.98. The SMILES string of the molecule is C=C[C@@H]1C[C@]1(NC(=O)[C@@H]1C[C@@H]2C[C@H]1C(=O)NNC(=O)CC/C=C/COc1ccc3c(c1)/C(=N/O2)c1ccccc1-3)C(=O)NS(=O)(=O)C1CC1. The second-order valence-corrected chi connectivity index (χ2v) is 15.1. The second-order valence-electron chi connectivity index (χ2n) is 13.1. The van der Waals surface area contributed by atoms with Gasteiger partial charge in [0.15, 0.2) is 0 Å². The Kier molecular flexibility index (Phi) is 8.51. The van der Waals surface area contributed by atoms with E-state index in [1.54, 1.807) is 0 Å². The average molecular weight is 688 g/mol. The van der Waals surface area contributed by atoms with E-state index in [0.717, 1.165) is 22.3 Å². The van der Waals surface area contributed by atoms with Crippen LogP contribution >= 0.6 is 0 Å². The molecule has 5 aliphatic rings. The monoisotopic (exact) mass is 687 g/mol. The Labute approximate surface area is 283 Å². The van der Waals surface area contributed by atoms with E-state index in [4.69, 9.17) is 9.57 Å². The number of hydrogen-bond donors (Lipinski definition) is 4. The van der Waals surface area contributed by atoms with Crippen molar-refractivity contribution in [3.05, 3.63) is 78.4 Å². The molecule has 1 heterocycles. The third-order valence-corrected chi connectivity index (χ3v) is 11.6. The first kappa shape index (κ1) is 32.6. The van der Waals surface area contributed by atoms with E-state index in [-0.39, 0.29) is 25.7 Å². The summed E-state index contributed by atoms with van der Waals surface area (Å²) in [4.78, 5) is 59.3. The molecule has 13 nitrogen and oxygen atoms in total. The maximum atomic E-state index is 13.9. The topological polar surface area (TPSA) is 181 Å². The number of amides is 4. The number of nitrogens with zero attached hydrogens (tertiary/aromatic N) is 1. The molecule has 0 radical (unpaired) electrons. The molecule has 3 saturated carbocycles. The number of allylic oxidation sites excluding steroid dienone is 1. The van der Waals surface area contributed by atoms with Gasteiger partial charge >= 0.3 is 0 Å². The van der Waals surface area contributed by atoms with E-state index in [0.29, 0.717) is 37.3 Å². The van der Waals surface area contributed by atoms with Crippen molar-refractivity contribution in [1.29, 1.82) is 0 Å². The standard InChI is InChI=1S/C35H37N5O8S/c1-2-20-19-35(20,34(44)40-49(45,46)23-12-13-23)36-32(42)28-17-22-18-29(28)33(43)38-37-30(41)10-4-3-7-15-47-21-11-14-25-24-8-5-6-9-26(24)31(39-48-22)27(25)16-21/h2-3,5-9,11,14,16,20,22-23,28-29H,1,4,10,12-13,15,17-19H2,(H,36,42)(H,37,41)(H,38,43)(H,40,44)/b7-3+,39-31+/t20-,22-,28-,29-,35-/m1/s1. The largest absolute Gasteiger partial charge is 0.490 e. The summed E-state index contributed by atoms with van der Waals surface area (Å²) in [6.07, 6.45) is 6.25. The van der Waals surface area contributed by atoms with Crippen molar-refractivity contribution in [2.45, 2.75) is 61.8 Å². The van der Waals surface area contributed by atoms with Gasteiger partial charge in [0.2, 0.25) is 27.7 Å². The predicted molar refractivity (Wildman–Crippen MR) is 178 cm³/mol. The molecule has 4 aliphatic carbocycles. The van der Waals surface area contributed by atoms with E-state index >= 15 is 0 Å². The van der Waals surface area contributed by atoms with Gasteiger partial charge in [-0.1, -0.05) is 47.6 Å². The van der Waals surface area contributed by atoms with Crippen LogP contribution in [0.1, 0.15) is 56.1 Å². The highest BCUT2D eigenvalue weighted by Gasteiger charge is 2.62. The third kappa shape index (κ3) is 6.44. The van der Waals surface area contributed by atoms with Crippen LogP contribution in [0, 0.1) is 17.8 Å².